The molecule has 0 heterocycles. The van der Waals surface area contributed by atoms with Gasteiger partial charge in [-0.1, -0.05) is 53.5 Å². The Morgan fingerprint density at radius 3 is 2.19 bits per heavy atom. The normalized spacial score (nSPS) is 14.8. The highest BCUT2D eigenvalue weighted by Gasteiger charge is 2.17. The molecule has 1 heteroatoms. The van der Waals surface area contributed by atoms with E-state index in [1.807, 2.05) is 0 Å². The molecule has 0 fully saturated rings. The molecule has 0 saturated heterocycles. The van der Waals surface area contributed by atoms with Crippen molar-refractivity contribution in [1.29, 1.82) is 0 Å². The fourth-order valence-corrected chi connectivity index (χ4v) is 1.31. The highest BCUT2D eigenvalue weighted by atomic mass is 14.7. The second kappa shape index (κ2) is 6.88. The van der Waals surface area contributed by atoms with Gasteiger partial charge < -0.3 is 0 Å². The fourth-order valence-electron chi connectivity index (χ4n) is 1.31. The van der Waals surface area contributed by atoms with E-state index >= 15 is 0 Å². The van der Waals surface area contributed by atoms with Crippen molar-refractivity contribution in [3.63, 3.8) is 0 Å². The first-order chi connectivity index (χ1) is 7.29. The predicted octanol–water partition coefficient (Wildman–Crippen LogP) is 5.22. The molecule has 0 spiro atoms. The Morgan fingerprint density at radius 1 is 1.25 bits per heavy atom. The Morgan fingerprint density at radius 2 is 1.81 bits per heavy atom. The van der Waals surface area contributed by atoms with E-state index in [2.05, 4.69) is 54.7 Å². The minimum absolute atomic E-state index is 0.197. The molecule has 0 N–H and O–H groups in total. The summed E-state index contributed by atoms with van der Waals surface area (Å²) in [6.45, 7) is 15.6. The molecular weight excluding hydrogens is 194 g/mol. The number of hydrogen-bond acceptors (Lipinski definition) is 1. The average Bonchev–Trinajstić information content (AvgIpc) is 2.15. The van der Waals surface area contributed by atoms with E-state index < -0.39 is 0 Å². The van der Waals surface area contributed by atoms with Crippen LogP contribution in [0.1, 0.15) is 67.7 Å². The third-order valence-electron chi connectivity index (χ3n) is 2.97. The van der Waals surface area contributed by atoms with Crippen LogP contribution in [0.15, 0.2) is 16.8 Å². The molecule has 0 bridgehead atoms. The highest BCUT2D eigenvalue weighted by molar-refractivity contribution is 5.89. The zero-order valence-corrected chi connectivity index (χ0v) is 12.2. The van der Waals surface area contributed by atoms with Gasteiger partial charge in [0.05, 0.1) is 0 Å². The second-order valence-corrected chi connectivity index (χ2v) is 5.96. The van der Waals surface area contributed by atoms with Crippen LogP contribution in [0.2, 0.25) is 0 Å². The van der Waals surface area contributed by atoms with Gasteiger partial charge in [-0.05, 0) is 25.7 Å². The molecule has 0 aliphatic rings. The van der Waals surface area contributed by atoms with E-state index in [-0.39, 0.29) is 5.41 Å². The number of allylic oxidation sites excluding steroid dienone is 1. The number of unbranched alkanes of at least 4 members (excludes halogenated alkanes) is 1. The van der Waals surface area contributed by atoms with Gasteiger partial charge in [0.2, 0.25) is 0 Å². The van der Waals surface area contributed by atoms with Gasteiger partial charge in [-0.2, -0.15) is 0 Å². The first kappa shape index (κ1) is 15.4. The van der Waals surface area contributed by atoms with Crippen LogP contribution in [0.3, 0.4) is 0 Å². The summed E-state index contributed by atoms with van der Waals surface area (Å²) in [6.07, 6.45) is 5.66. The van der Waals surface area contributed by atoms with Crippen molar-refractivity contribution >= 4 is 5.71 Å². The summed E-state index contributed by atoms with van der Waals surface area (Å²) in [5, 5.41) is 0. The SMILES string of the molecule is CCCCC(=N/C=C(\C)C(C)C)C(C)(C)C. The topological polar surface area (TPSA) is 12.4 Å². The molecule has 16 heavy (non-hydrogen) atoms. The average molecular weight is 223 g/mol. The van der Waals surface area contributed by atoms with Gasteiger partial charge in [-0.3, -0.25) is 4.99 Å². The lowest BCUT2D eigenvalue weighted by Gasteiger charge is -2.21. The van der Waals surface area contributed by atoms with Crippen molar-refractivity contribution in [2.24, 2.45) is 16.3 Å². The zero-order valence-electron chi connectivity index (χ0n) is 12.2. The molecule has 0 aromatic carbocycles. The molecular formula is C15H29N. The Bertz CT molecular complexity index is 251. The van der Waals surface area contributed by atoms with Gasteiger partial charge in [-0.15, -0.1) is 0 Å². The predicted molar refractivity (Wildman–Crippen MR) is 75.0 cm³/mol. The highest BCUT2D eigenvalue weighted by Crippen LogP contribution is 2.21. The number of nitrogens with zero attached hydrogens (tertiary/aromatic N) is 1. The largest absolute Gasteiger partial charge is 0.265 e. The molecule has 0 rings (SSSR count). The lowest BCUT2D eigenvalue weighted by Crippen LogP contribution is -2.20. The Balaban J connectivity index is 4.76. The van der Waals surface area contributed by atoms with Crippen molar-refractivity contribution in [3.8, 4) is 0 Å². The number of rotatable bonds is 5. The summed E-state index contributed by atoms with van der Waals surface area (Å²) in [6, 6.07) is 0. The minimum atomic E-state index is 0.197. The van der Waals surface area contributed by atoms with E-state index in [4.69, 9.17) is 4.99 Å². The van der Waals surface area contributed by atoms with Crippen LogP contribution >= 0.6 is 0 Å². The Labute approximate surface area is 102 Å². The third-order valence-corrected chi connectivity index (χ3v) is 2.97. The fraction of sp³-hybridized carbons (Fsp3) is 0.800. The molecule has 0 saturated carbocycles. The first-order valence-corrected chi connectivity index (χ1v) is 6.52. The molecule has 94 valence electrons. The number of aliphatic imine (C=N–C) groups is 1. The van der Waals surface area contributed by atoms with Gasteiger partial charge in [0, 0.05) is 17.3 Å². The summed E-state index contributed by atoms with van der Waals surface area (Å²) in [4.78, 5) is 4.71. The zero-order chi connectivity index (χ0) is 12.8. The van der Waals surface area contributed by atoms with Gasteiger partial charge in [0.15, 0.2) is 0 Å². The van der Waals surface area contributed by atoms with Crippen LogP contribution in [-0.4, -0.2) is 5.71 Å². The van der Waals surface area contributed by atoms with E-state index in [1.165, 1.54) is 24.1 Å². The van der Waals surface area contributed by atoms with E-state index in [9.17, 15) is 0 Å². The van der Waals surface area contributed by atoms with Crippen molar-refractivity contribution < 1.29 is 0 Å². The van der Waals surface area contributed by atoms with Crippen LogP contribution in [0.4, 0.5) is 0 Å². The summed E-state index contributed by atoms with van der Waals surface area (Å²) >= 11 is 0. The van der Waals surface area contributed by atoms with Crippen LogP contribution < -0.4 is 0 Å². The minimum Gasteiger partial charge on any atom is -0.265 e. The number of hydrogen-bond donors (Lipinski definition) is 0. The van der Waals surface area contributed by atoms with Crippen LogP contribution in [0.5, 0.6) is 0 Å². The van der Waals surface area contributed by atoms with E-state index in [1.54, 1.807) is 0 Å². The smallest absolute Gasteiger partial charge is 0.0259 e. The van der Waals surface area contributed by atoms with Gasteiger partial charge in [0.1, 0.15) is 0 Å². The van der Waals surface area contributed by atoms with Gasteiger partial charge in [0.25, 0.3) is 0 Å². The molecule has 0 aromatic rings. The summed E-state index contributed by atoms with van der Waals surface area (Å²) in [5.41, 5.74) is 2.88. The molecule has 0 amide bonds. The van der Waals surface area contributed by atoms with Crippen molar-refractivity contribution in [2.45, 2.75) is 67.7 Å². The molecule has 0 radical (unpaired) electrons. The monoisotopic (exact) mass is 223 g/mol. The summed E-state index contributed by atoms with van der Waals surface area (Å²) in [7, 11) is 0. The maximum atomic E-state index is 4.71. The standard InChI is InChI=1S/C15H29N/c1-8-9-10-14(15(5,6)7)16-11-13(4)12(2)3/h11-12H,8-10H2,1-7H3/b13-11+,16-14?. The molecule has 0 atom stereocenters. The van der Waals surface area contributed by atoms with Crippen LogP contribution in [0, 0.1) is 11.3 Å². The molecule has 0 aliphatic carbocycles. The lowest BCUT2D eigenvalue weighted by atomic mass is 9.87. The lowest BCUT2D eigenvalue weighted by molar-refractivity contribution is 0.571. The maximum Gasteiger partial charge on any atom is 0.0259 e. The third kappa shape index (κ3) is 6.09. The molecule has 1 nitrogen and oxygen atoms in total. The first-order valence-electron chi connectivity index (χ1n) is 6.52. The second-order valence-electron chi connectivity index (χ2n) is 5.96. The molecule has 0 aliphatic heterocycles. The van der Waals surface area contributed by atoms with Gasteiger partial charge in [-0.25, -0.2) is 0 Å². The van der Waals surface area contributed by atoms with Crippen molar-refractivity contribution in [2.75, 3.05) is 0 Å². The summed E-state index contributed by atoms with van der Waals surface area (Å²) < 4.78 is 0. The Kier molecular flexibility index (Phi) is 6.62. The molecule has 0 unspecified atom stereocenters. The van der Waals surface area contributed by atoms with E-state index in [0.29, 0.717) is 5.92 Å². The van der Waals surface area contributed by atoms with Crippen molar-refractivity contribution in [1.82, 2.24) is 0 Å². The quantitative estimate of drug-likeness (QED) is 0.566. The molecule has 0 aromatic heterocycles. The summed E-state index contributed by atoms with van der Waals surface area (Å²) in [5.74, 6) is 0.594. The maximum absolute atomic E-state index is 4.71. The van der Waals surface area contributed by atoms with Crippen LogP contribution in [0.25, 0.3) is 0 Å². The Hall–Kier alpha value is -0.590. The van der Waals surface area contributed by atoms with Crippen LogP contribution in [-0.2, 0) is 0 Å². The van der Waals surface area contributed by atoms with E-state index in [0.717, 1.165) is 6.42 Å². The van der Waals surface area contributed by atoms with Gasteiger partial charge >= 0.3 is 0 Å². The van der Waals surface area contributed by atoms with Crippen molar-refractivity contribution in [3.05, 3.63) is 11.8 Å².